The summed E-state index contributed by atoms with van der Waals surface area (Å²) in [4.78, 5) is 10.9. The topological polar surface area (TPSA) is 77.2 Å². The Morgan fingerprint density at radius 1 is 1.42 bits per heavy atom. The zero-order chi connectivity index (χ0) is 14.0. The first-order chi connectivity index (χ1) is 9.02. The standard InChI is InChI=1S/C12H10ClNO4S/c1-7-4-10(18-14-7)11-9(6-19(16)17)3-2-8(5-15)12(11)13/h2-5,19H,6H2,1H3. The van der Waals surface area contributed by atoms with Crippen LogP contribution in [0.2, 0.25) is 5.02 Å². The van der Waals surface area contributed by atoms with Crippen molar-refractivity contribution >= 4 is 28.6 Å². The highest BCUT2D eigenvalue weighted by Gasteiger charge is 2.17. The van der Waals surface area contributed by atoms with Crippen LogP contribution in [0.1, 0.15) is 21.6 Å². The maximum Gasteiger partial charge on any atom is 0.168 e. The quantitative estimate of drug-likeness (QED) is 0.692. The molecule has 0 atom stereocenters. The Morgan fingerprint density at radius 3 is 2.68 bits per heavy atom. The minimum atomic E-state index is -2.61. The number of aldehydes is 1. The summed E-state index contributed by atoms with van der Waals surface area (Å²) >= 11 is 6.13. The predicted molar refractivity (Wildman–Crippen MR) is 71.1 cm³/mol. The molecule has 2 aromatic rings. The molecule has 1 aromatic carbocycles. The van der Waals surface area contributed by atoms with Gasteiger partial charge in [-0.05, 0) is 18.6 Å². The van der Waals surface area contributed by atoms with Crippen molar-refractivity contribution in [2.24, 2.45) is 0 Å². The molecule has 1 heterocycles. The highest BCUT2D eigenvalue weighted by Crippen LogP contribution is 2.34. The Morgan fingerprint density at radius 2 is 2.16 bits per heavy atom. The van der Waals surface area contributed by atoms with Crippen LogP contribution in [0.5, 0.6) is 0 Å². The Labute approximate surface area is 116 Å². The normalized spacial score (nSPS) is 10.9. The molecule has 7 heteroatoms. The van der Waals surface area contributed by atoms with E-state index in [1.54, 1.807) is 19.1 Å². The van der Waals surface area contributed by atoms with Crippen molar-refractivity contribution in [3.8, 4) is 11.3 Å². The van der Waals surface area contributed by atoms with E-state index in [2.05, 4.69) is 5.16 Å². The summed E-state index contributed by atoms with van der Waals surface area (Å²) in [6.07, 6.45) is 0.607. The summed E-state index contributed by atoms with van der Waals surface area (Å²) in [5, 5.41) is 3.90. The maximum atomic E-state index is 10.9. The molecule has 0 unspecified atom stereocenters. The second-order valence-corrected chi connectivity index (χ2v) is 5.30. The van der Waals surface area contributed by atoms with E-state index < -0.39 is 10.7 Å². The lowest BCUT2D eigenvalue weighted by Crippen LogP contribution is -1.95. The first-order valence-corrected chi connectivity index (χ1v) is 7.09. The summed E-state index contributed by atoms with van der Waals surface area (Å²) in [5.74, 6) is 0.168. The largest absolute Gasteiger partial charge is 0.356 e. The summed E-state index contributed by atoms with van der Waals surface area (Å²) in [5.41, 5.74) is 1.78. The van der Waals surface area contributed by atoms with E-state index >= 15 is 0 Å². The number of thiol groups is 1. The van der Waals surface area contributed by atoms with Gasteiger partial charge >= 0.3 is 0 Å². The minimum Gasteiger partial charge on any atom is -0.356 e. The molecule has 0 aliphatic rings. The summed E-state index contributed by atoms with van der Waals surface area (Å²) < 4.78 is 26.9. The number of aryl methyl sites for hydroxylation is 1. The number of carbonyl (C=O) groups is 1. The smallest absolute Gasteiger partial charge is 0.168 e. The maximum absolute atomic E-state index is 10.9. The van der Waals surface area contributed by atoms with Gasteiger partial charge in [0.05, 0.1) is 16.5 Å². The highest BCUT2D eigenvalue weighted by molar-refractivity contribution is 7.71. The van der Waals surface area contributed by atoms with Gasteiger partial charge in [-0.2, -0.15) is 0 Å². The molecule has 100 valence electrons. The Kier molecular flexibility index (Phi) is 4.01. The van der Waals surface area contributed by atoms with Crippen LogP contribution in [0.4, 0.5) is 0 Å². The second kappa shape index (κ2) is 5.54. The van der Waals surface area contributed by atoms with Gasteiger partial charge in [-0.3, -0.25) is 4.79 Å². The summed E-state index contributed by atoms with van der Waals surface area (Å²) in [6, 6.07) is 4.67. The van der Waals surface area contributed by atoms with Crippen molar-refractivity contribution < 1.29 is 17.7 Å². The SMILES string of the molecule is Cc1cc(-c2c(C[SH](=O)=O)ccc(C=O)c2Cl)on1. The number of nitrogens with zero attached hydrogens (tertiary/aromatic N) is 1. The molecular formula is C12H10ClNO4S. The number of benzene rings is 1. The monoisotopic (exact) mass is 299 g/mol. The van der Waals surface area contributed by atoms with Crippen molar-refractivity contribution in [1.29, 1.82) is 0 Å². The van der Waals surface area contributed by atoms with Gasteiger partial charge in [-0.25, -0.2) is 8.42 Å². The molecule has 2 rings (SSSR count). The Bertz CT molecular complexity index is 698. The van der Waals surface area contributed by atoms with Gasteiger partial charge in [0, 0.05) is 17.2 Å². The average Bonchev–Trinajstić information content (AvgIpc) is 2.75. The summed E-state index contributed by atoms with van der Waals surface area (Å²) in [7, 11) is -2.61. The fourth-order valence-corrected chi connectivity index (χ4v) is 2.61. The first kappa shape index (κ1) is 13.8. The van der Waals surface area contributed by atoms with Gasteiger partial charge in [0.15, 0.2) is 12.0 Å². The van der Waals surface area contributed by atoms with E-state index in [4.69, 9.17) is 16.1 Å². The molecule has 0 saturated carbocycles. The van der Waals surface area contributed by atoms with Crippen molar-refractivity contribution in [2.75, 3.05) is 0 Å². The van der Waals surface area contributed by atoms with Gasteiger partial charge in [0.25, 0.3) is 0 Å². The molecule has 0 saturated heterocycles. The number of hydrogen-bond donors (Lipinski definition) is 1. The van der Waals surface area contributed by atoms with Crippen molar-refractivity contribution in [2.45, 2.75) is 12.7 Å². The van der Waals surface area contributed by atoms with Gasteiger partial charge in [-0.15, -0.1) is 0 Å². The van der Waals surface area contributed by atoms with E-state index in [9.17, 15) is 13.2 Å². The van der Waals surface area contributed by atoms with E-state index in [1.165, 1.54) is 6.07 Å². The fourth-order valence-electron chi connectivity index (χ4n) is 1.74. The molecule has 0 bridgehead atoms. The predicted octanol–water partition coefficient (Wildman–Crippen LogP) is 2.23. The lowest BCUT2D eigenvalue weighted by molar-refractivity contribution is 0.112. The third-order valence-corrected chi connectivity index (χ3v) is 3.56. The Balaban J connectivity index is 2.69. The van der Waals surface area contributed by atoms with Crippen LogP contribution in [0.15, 0.2) is 22.7 Å². The zero-order valence-corrected chi connectivity index (χ0v) is 11.6. The van der Waals surface area contributed by atoms with Gasteiger partial charge in [0.2, 0.25) is 0 Å². The number of rotatable bonds is 4. The molecule has 19 heavy (non-hydrogen) atoms. The van der Waals surface area contributed by atoms with Gasteiger partial charge < -0.3 is 4.52 Å². The highest BCUT2D eigenvalue weighted by atomic mass is 35.5. The van der Waals surface area contributed by atoms with E-state index in [1.807, 2.05) is 0 Å². The van der Waals surface area contributed by atoms with E-state index in [0.717, 1.165) is 0 Å². The molecule has 0 aliphatic heterocycles. The number of hydrogen-bond acceptors (Lipinski definition) is 5. The number of halogens is 1. The second-order valence-electron chi connectivity index (χ2n) is 3.94. The third-order valence-electron chi connectivity index (χ3n) is 2.56. The van der Waals surface area contributed by atoms with E-state index in [-0.39, 0.29) is 16.3 Å². The van der Waals surface area contributed by atoms with Crippen LogP contribution >= 0.6 is 11.6 Å². The van der Waals surface area contributed by atoms with Crippen LogP contribution in [0.3, 0.4) is 0 Å². The van der Waals surface area contributed by atoms with Crippen molar-refractivity contribution in [1.82, 2.24) is 5.16 Å². The third kappa shape index (κ3) is 2.85. The van der Waals surface area contributed by atoms with Crippen LogP contribution in [-0.4, -0.2) is 19.9 Å². The van der Waals surface area contributed by atoms with Gasteiger partial charge in [-0.1, -0.05) is 22.8 Å². The lowest BCUT2D eigenvalue weighted by Gasteiger charge is -2.08. The molecule has 0 radical (unpaired) electrons. The molecule has 0 amide bonds. The molecule has 0 spiro atoms. The van der Waals surface area contributed by atoms with Crippen LogP contribution in [-0.2, 0) is 16.5 Å². The summed E-state index contributed by atoms with van der Waals surface area (Å²) in [6.45, 7) is 1.73. The molecule has 0 aliphatic carbocycles. The lowest BCUT2D eigenvalue weighted by atomic mass is 10.0. The zero-order valence-electron chi connectivity index (χ0n) is 9.92. The average molecular weight is 300 g/mol. The molecule has 0 N–H and O–H groups in total. The fraction of sp³-hybridized carbons (Fsp3) is 0.167. The van der Waals surface area contributed by atoms with Crippen LogP contribution < -0.4 is 0 Å². The van der Waals surface area contributed by atoms with Crippen molar-refractivity contribution in [3.63, 3.8) is 0 Å². The van der Waals surface area contributed by atoms with Crippen LogP contribution in [0.25, 0.3) is 11.3 Å². The first-order valence-electron chi connectivity index (χ1n) is 5.35. The number of aromatic nitrogens is 1. The van der Waals surface area contributed by atoms with Gasteiger partial charge in [0.1, 0.15) is 10.7 Å². The molecule has 5 nitrogen and oxygen atoms in total. The Hall–Kier alpha value is -1.66. The molecular weight excluding hydrogens is 290 g/mol. The molecule has 1 aromatic heterocycles. The minimum absolute atomic E-state index is 0.167. The van der Waals surface area contributed by atoms with Crippen LogP contribution in [0, 0.1) is 6.92 Å². The molecule has 0 fully saturated rings. The van der Waals surface area contributed by atoms with E-state index in [0.29, 0.717) is 28.9 Å². The number of carbonyl (C=O) groups excluding carboxylic acids is 1. The van der Waals surface area contributed by atoms with Crippen molar-refractivity contribution in [3.05, 3.63) is 40.0 Å².